The number of rotatable bonds is 5. The van der Waals surface area contributed by atoms with E-state index in [9.17, 15) is 4.79 Å². The molecule has 0 aliphatic carbocycles. The van der Waals surface area contributed by atoms with Crippen LogP contribution < -0.4 is 5.32 Å². The molecule has 1 saturated heterocycles. The second kappa shape index (κ2) is 9.38. The molecule has 0 spiro atoms. The molecule has 1 aliphatic rings. The molecule has 0 bridgehead atoms. The number of nitrogens with one attached hydrogen (secondary N) is 1. The van der Waals surface area contributed by atoms with Gasteiger partial charge in [-0.2, -0.15) is 0 Å². The van der Waals surface area contributed by atoms with Crippen molar-refractivity contribution in [3.05, 3.63) is 30.1 Å². The Morgan fingerprint density at radius 1 is 1.46 bits per heavy atom. The van der Waals surface area contributed by atoms with Crippen LogP contribution in [0.3, 0.4) is 0 Å². The summed E-state index contributed by atoms with van der Waals surface area (Å²) >= 11 is 9.68. The van der Waals surface area contributed by atoms with Gasteiger partial charge in [-0.15, -0.1) is 11.6 Å². The van der Waals surface area contributed by atoms with Gasteiger partial charge in [0.25, 0.3) is 0 Å². The highest BCUT2D eigenvalue weighted by Gasteiger charge is 2.38. The number of piperidine rings is 1. The maximum absolute atomic E-state index is 13.0. The van der Waals surface area contributed by atoms with Crippen molar-refractivity contribution >= 4 is 33.6 Å². The molecule has 26 heavy (non-hydrogen) atoms. The summed E-state index contributed by atoms with van der Waals surface area (Å²) < 4.78 is 5.71. The smallest absolute Gasteiger partial charge is 0.411 e. The van der Waals surface area contributed by atoms with Crippen LogP contribution in [-0.2, 0) is 4.74 Å². The van der Waals surface area contributed by atoms with E-state index in [2.05, 4.69) is 26.2 Å². The van der Waals surface area contributed by atoms with Crippen molar-refractivity contribution in [2.75, 3.05) is 6.54 Å². The first-order chi connectivity index (χ1) is 12.2. The van der Waals surface area contributed by atoms with E-state index >= 15 is 0 Å². The highest BCUT2D eigenvalue weighted by atomic mass is 79.9. The van der Waals surface area contributed by atoms with Gasteiger partial charge in [0.2, 0.25) is 0 Å². The van der Waals surface area contributed by atoms with Gasteiger partial charge in [-0.3, -0.25) is 9.88 Å². The Balaban J connectivity index is 2.22. The minimum Gasteiger partial charge on any atom is -0.444 e. The summed E-state index contributed by atoms with van der Waals surface area (Å²) in [7, 11) is 0. The minimum absolute atomic E-state index is 0.0140. The van der Waals surface area contributed by atoms with Crippen molar-refractivity contribution in [3.8, 4) is 0 Å². The first-order valence-electron chi connectivity index (χ1n) is 9.13. The monoisotopic (exact) mass is 445 g/mol. The molecule has 7 heteroatoms. The Kier molecular flexibility index (Phi) is 7.74. The van der Waals surface area contributed by atoms with Gasteiger partial charge in [0, 0.05) is 18.8 Å². The van der Waals surface area contributed by atoms with Crippen LogP contribution in [0.1, 0.15) is 58.7 Å². The molecule has 1 unspecified atom stereocenters. The van der Waals surface area contributed by atoms with Crippen molar-refractivity contribution in [2.45, 2.75) is 75.0 Å². The zero-order valence-corrected chi connectivity index (χ0v) is 18.3. The van der Waals surface area contributed by atoms with Crippen LogP contribution in [0.2, 0.25) is 0 Å². The normalized spacial score (nSPS) is 23.4. The number of aromatic nitrogens is 1. The first-order valence-corrected chi connectivity index (χ1v) is 10.5. The van der Waals surface area contributed by atoms with E-state index in [0.29, 0.717) is 6.54 Å². The second-order valence-corrected chi connectivity index (χ2v) is 9.41. The van der Waals surface area contributed by atoms with E-state index in [-0.39, 0.29) is 28.5 Å². The number of pyridine rings is 1. The van der Waals surface area contributed by atoms with Crippen molar-refractivity contribution in [1.29, 1.82) is 0 Å². The fourth-order valence-corrected chi connectivity index (χ4v) is 3.42. The number of ether oxygens (including phenoxy) is 1. The number of halogens is 2. The first kappa shape index (κ1) is 21.5. The number of hydrogen-bond donors (Lipinski definition) is 1. The highest BCUT2D eigenvalue weighted by molar-refractivity contribution is 9.09. The molecule has 1 fully saturated rings. The van der Waals surface area contributed by atoms with Gasteiger partial charge in [0.05, 0.1) is 22.1 Å². The van der Waals surface area contributed by atoms with Crippen molar-refractivity contribution in [2.24, 2.45) is 0 Å². The lowest BCUT2D eigenvalue weighted by Gasteiger charge is -2.42. The number of likely N-dealkylation sites (tertiary alicyclic amines) is 1. The van der Waals surface area contributed by atoms with Gasteiger partial charge in [-0.25, -0.2) is 4.79 Å². The molecule has 1 amide bonds. The molecule has 1 N–H and O–H groups in total. The average Bonchev–Trinajstić information content (AvgIpc) is 2.58. The number of alkyl halides is 2. The molecule has 146 valence electrons. The second-order valence-electron chi connectivity index (χ2n) is 7.73. The number of hydrogen-bond acceptors (Lipinski definition) is 4. The molecule has 0 saturated carbocycles. The SMILES string of the molecule is C[C@@H](Cl)C(Br)NC[C@H]1CCC[C@@H](c2ccccn2)N1C(=O)OC(C)(C)C. The third kappa shape index (κ3) is 6.10. The van der Waals surface area contributed by atoms with Crippen LogP contribution in [0.15, 0.2) is 24.4 Å². The van der Waals surface area contributed by atoms with Crippen LogP contribution in [-0.4, -0.2) is 44.5 Å². The van der Waals surface area contributed by atoms with Gasteiger partial charge >= 0.3 is 6.09 Å². The topological polar surface area (TPSA) is 54.5 Å². The van der Waals surface area contributed by atoms with Crippen LogP contribution >= 0.6 is 27.5 Å². The van der Waals surface area contributed by atoms with Gasteiger partial charge in [-0.1, -0.05) is 22.0 Å². The lowest BCUT2D eigenvalue weighted by atomic mass is 9.93. The lowest BCUT2D eigenvalue weighted by molar-refractivity contribution is -0.00660. The highest BCUT2D eigenvalue weighted by Crippen LogP contribution is 2.34. The van der Waals surface area contributed by atoms with Crippen molar-refractivity contribution in [1.82, 2.24) is 15.2 Å². The molecule has 1 aromatic heterocycles. The lowest BCUT2D eigenvalue weighted by Crippen LogP contribution is -2.52. The minimum atomic E-state index is -0.538. The molecule has 2 rings (SSSR count). The number of carbonyl (C=O) groups excluding carboxylic acids is 1. The Hall–Kier alpha value is -0.850. The summed E-state index contributed by atoms with van der Waals surface area (Å²) in [6.07, 6.45) is 4.33. The van der Waals surface area contributed by atoms with Crippen LogP contribution in [0.4, 0.5) is 4.79 Å². The summed E-state index contributed by atoms with van der Waals surface area (Å²) in [5, 5.41) is 3.33. The summed E-state index contributed by atoms with van der Waals surface area (Å²) in [6.45, 7) is 8.25. The van der Waals surface area contributed by atoms with Gasteiger partial charge < -0.3 is 10.1 Å². The Morgan fingerprint density at radius 2 is 2.19 bits per heavy atom. The summed E-state index contributed by atoms with van der Waals surface area (Å²) in [5.74, 6) is 0. The van der Waals surface area contributed by atoms with E-state index in [1.807, 2.05) is 50.8 Å². The Bertz CT molecular complexity index is 580. The average molecular weight is 447 g/mol. The number of nitrogens with zero attached hydrogens (tertiary/aromatic N) is 2. The third-order valence-electron chi connectivity index (χ3n) is 4.33. The van der Waals surface area contributed by atoms with Crippen molar-refractivity contribution < 1.29 is 9.53 Å². The van der Waals surface area contributed by atoms with Crippen LogP contribution in [0.25, 0.3) is 0 Å². The summed E-state index contributed by atoms with van der Waals surface area (Å²) in [4.78, 5) is 19.3. The van der Waals surface area contributed by atoms with Gasteiger partial charge in [0.15, 0.2) is 0 Å². The van der Waals surface area contributed by atoms with E-state index in [1.165, 1.54) is 0 Å². The fraction of sp³-hybridized carbons (Fsp3) is 0.684. The predicted octanol–water partition coefficient (Wildman–Crippen LogP) is 4.85. The molecule has 5 nitrogen and oxygen atoms in total. The quantitative estimate of drug-likeness (QED) is 0.519. The van der Waals surface area contributed by atoms with Crippen molar-refractivity contribution in [3.63, 3.8) is 0 Å². The fourth-order valence-electron chi connectivity index (χ4n) is 3.15. The maximum atomic E-state index is 13.0. The number of carbonyl (C=O) groups is 1. The molecule has 1 aliphatic heterocycles. The molecular formula is C19H29BrClN3O2. The molecule has 1 aromatic rings. The van der Waals surface area contributed by atoms with E-state index < -0.39 is 5.60 Å². The Morgan fingerprint density at radius 3 is 2.77 bits per heavy atom. The van der Waals surface area contributed by atoms with Gasteiger partial charge in [-0.05, 0) is 59.1 Å². The van der Waals surface area contributed by atoms with E-state index in [4.69, 9.17) is 16.3 Å². The van der Waals surface area contributed by atoms with E-state index in [0.717, 1.165) is 25.0 Å². The Labute approximate surface area is 170 Å². The molecule has 0 aromatic carbocycles. The third-order valence-corrected chi connectivity index (χ3v) is 6.00. The van der Waals surface area contributed by atoms with E-state index in [1.54, 1.807) is 6.20 Å². The summed E-state index contributed by atoms with van der Waals surface area (Å²) in [5.41, 5.74) is 0.369. The zero-order chi connectivity index (χ0) is 19.3. The largest absolute Gasteiger partial charge is 0.444 e. The molecule has 2 heterocycles. The van der Waals surface area contributed by atoms with Crippen LogP contribution in [0.5, 0.6) is 0 Å². The molecule has 0 radical (unpaired) electrons. The molecular weight excluding hydrogens is 418 g/mol. The zero-order valence-electron chi connectivity index (χ0n) is 15.9. The maximum Gasteiger partial charge on any atom is 0.411 e. The van der Waals surface area contributed by atoms with Gasteiger partial charge in [0.1, 0.15) is 5.60 Å². The predicted molar refractivity (Wildman–Crippen MR) is 109 cm³/mol. The molecule has 4 atom stereocenters. The summed E-state index contributed by atoms with van der Waals surface area (Å²) in [6, 6.07) is 5.78. The number of amides is 1. The van der Waals surface area contributed by atoms with Crippen LogP contribution in [0, 0.1) is 0 Å². The standard InChI is InChI=1S/C19H29BrClN3O2/c1-13(21)17(20)23-12-14-8-7-10-16(15-9-5-6-11-22-15)24(14)18(25)26-19(2,3)4/h5-6,9,11,13-14,16-17,23H,7-8,10,12H2,1-4H3/t13-,14-,16+,17?/m1/s1.